The number of guanidine groups is 1. The number of ether oxygens (including phenoxy) is 1. The van der Waals surface area contributed by atoms with Gasteiger partial charge in [-0.3, -0.25) is 9.79 Å². The minimum Gasteiger partial charge on any atom is -0.381 e. The van der Waals surface area contributed by atoms with Crippen molar-refractivity contribution in [1.29, 1.82) is 0 Å². The number of anilines is 1. The van der Waals surface area contributed by atoms with Crippen molar-refractivity contribution in [1.82, 2.24) is 15.1 Å². The maximum Gasteiger partial charge on any atom is 0.224 e. The SMILES string of the molecule is CN=C(NCCC(=O)N1CCN(c2ccccc2)CC1)N(C)CC1CCOC1.I. The molecule has 1 N–H and O–H groups in total. The Bertz CT molecular complexity index is 644. The van der Waals surface area contributed by atoms with Gasteiger partial charge in [-0.05, 0) is 18.6 Å². The van der Waals surface area contributed by atoms with Crippen LogP contribution in [0.3, 0.4) is 0 Å². The van der Waals surface area contributed by atoms with Crippen LogP contribution in [-0.4, -0.2) is 88.2 Å². The number of piperazine rings is 1. The van der Waals surface area contributed by atoms with E-state index in [1.807, 2.05) is 18.0 Å². The summed E-state index contributed by atoms with van der Waals surface area (Å²) in [6.45, 7) is 6.55. The smallest absolute Gasteiger partial charge is 0.224 e. The highest BCUT2D eigenvalue weighted by molar-refractivity contribution is 14.0. The molecule has 0 radical (unpaired) electrons. The van der Waals surface area contributed by atoms with Gasteiger partial charge in [0.2, 0.25) is 5.91 Å². The van der Waals surface area contributed by atoms with Crippen molar-refractivity contribution in [2.45, 2.75) is 12.8 Å². The van der Waals surface area contributed by atoms with Gasteiger partial charge in [-0.2, -0.15) is 0 Å². The molecule has 0 aromatic heterocycles. The van der Waals surface area contributed by atoms with Crippen LogP contribution in [0.15, 0.2) is 35.3 Å². The summed E-state index contributed by atoms with van der Waals surface area (Å²) >= 11 is 0. The summed E-state index contributed by atoms with van der Waals surface area (Å²) in [5, 5.41) is 3.32. The van der Waals surface area contributed by atoms with E-state index in [-0.39, 0.29) is 29.9 Å². The minimum atomic E-state index is 0. The van der Waals surface area contributed by atoms with Gasteiger partial charge in [0, 0.05) is 78.0 Å². The number of para-hydroxylation sites is 1. The number of halogens is 1. The second kappa shape index (κ2) is 12.2. The van der Waals surface area contributed by atoms with E-state index in [4.69, 9.17) is 4.74 Å². The second-order valence-corrected chi connectivity index (χ2v) is 7.54. The molecule has 2 fully saturated rings. The highest BCUT2D eigenvalue weighted by Gasteiger charge is 2.22. The Hall–Kier alpha value is -1.55. The van der Waals surface area contributed by atoms with E-state index in [1.165, 1.54) is 5.69 Å². The number of carbonyl (C=O) groups is 1. The van der Waals surface area contributed by atoms with E-state index < -0.39 is 0 Å². The molecule has 1 unspecified atom stereocenters. The van der Waals surface area contributed by atoms with Crippen LogP contribution in [0.1, 0.15) is 12.8 Å². The number of nitrogens with one attached hydrogen (secondary N) is 1. The fraction of sp³-hybridized carbons (Fsp3) is 0.619. The summed E-state index contributed by atoms with van der Waals surface area (Å²) in [5.74, 6) is 1.61. The minimum absolute atomic E-state index is 0. The summed E-state index contributed by atoms with van der Waals surface area (Å²) in [5.41, 5.74) is 1.23. The molecule has 0 bridgehead atoms. The molecule has 0 aliphatic carbocycles. The molecule has 1 amide bonds. The maximum absolute atomic E-state index is 12.6. The van der Waals surface area contributed by atoms with E-state index in [0.717, 1.165) is 58.3 Å². The van der Waals surface area contributed by atoms with Gasteiger partial charge in [0.25, 0.3) is 0 Å². The van der Waals surface area contributed by atoms with Crippen molar-refractivity contribution >= 4 is 41.5 Å². The van der Waals surface area contributed by atoms with Crippen LogP contribution in [0.5, 0.6) is 0 Å². The monoisotopic (exact) mass is 515 g/mol. The van der Waals surface area contributed by atoms with Gasteiger partial charge in [-0.25, -0.2) is 0 Å². The van der Waals surface area contributed by atoms with E-state index in [1.54, 1.807) is 7.05 Å². The molecule has 2 aliphatic rings. The summed E-state index contributed by atoms with van der Waals surface area (Å²) in [7, 11) is 3.83. The summed E-state index contributed by atoms with van der Waals surface area (Å²) in [4.78, 5) is 23.3. The first-order valence-corrected chi connectivity index (χ1v) is 10.2. The van der Waals surface area contributed by atoms with Gasteiger partial charge < -0.3 is 24.8 Å². The van der Waals surface area contributed by atoms with Crippen LogP contribution in [0.4, 0.5) is 5.69 Å². The van der Waals surface area contributed by atoms with Gasteiger partial charge in [0.1, 0.15) is 0 Å². The van der Waals surface area contributed by atoms with E-state index >= 15 is 0 Å². The van der Waals surface area contributed by atoms with Crippen LogP contribution in [0.2, 0.25) is 0 Å². The second-order valence-electron chi connectivity index (χ2n) is 7.54. The third-order valence-electron chi connectivity index (χ3n) is 5.51. The first kappa shape index (κ1) is 23.7. The summed E-state index contributed by atoms with van der Waals surface area (Å²) < 4.78 is 5.45. The number of benzene rings is 1. The first-order chi connectivity index (χ1) is 13.7. The highest BCUT2D eigenvalue weighted by Crippen LogP contribution is 2.16. The zero-order valence-corrected chi connectivity index (χ0v) is 19.9. The normalized spacial score (nSPS) is 19.7. The predicted octanol–water partition coefficient (Wildman–Crippen LogP) is 1.89. The van der Waals surface area contributed by atoms with Gasteiger partial charge in [-0.15, -0.1) is 24.0 Å². The van der Waals surface area contributed by atoms with E-state index in [9.17, 15) is 4.79 Å². The molecule has 29 heavy (non-hydrogen) atoms. The average Bonchev–Trinajstić information content (AvgIpc) is 3.24. The van der Waals surface area contributed by atoms with Gasteiger partial charge in [0.15, 0.2) is 5.96 Å². The Morgan fingerprint density at radius 3 is 2.59 bits per heavy atom. The van der Waals surface area contributed by atoms with Crippen molar-refractivity contribution in [3.05, 3.63) is 30.3 Å². The number of nitrogens with zero attached hydrogens (tertiary/aromatic N) is 4. The molecule has 1 atom stereocenters. The standard InChI is InChI=1S/C21H33N5O2.HI/c1-22-21(24(2)16-18-9-15-28-17-18)23-10-8-20(27)26-13-11-25(12-14-26)19-6-4-3-5-7-19;/h3-7,18H,8-17H2,1-2H3,(H,22,23);1H. The third-order valence-corrected chi connectivity index (χ3v) is 5.51. The Balaban J connectivity index is 0.00000300. The molecule has 0 saturated carbocycles. The lowest BCUT2D eigenvalue weighted by atomic mass is 10.1. The summed E-state index contributed by atoms with van der Waals surface area (Å²) in [6, 6.07) is 10.4. The van der Waals surface area contributed by atoms with E-state index in [0.29, 0.717) is 18.9 Å². The van der Waals surface area contributed by atoms with Crippen molar-refractivity contribution in [2.24, 2.45) is 10.9 Å². The van der Waals surface area contributed by atoms with Gasteiger partial charge >= 0.3 is 0 Å². The van der Waals surface area contributed by atoms with Crippen molar-refractivity contribution < 1.29 is 9.53 Å². The highest BCUT2D eigenvalue weighted by atomic mass is 127. The lowest BCUT2D eigenvalue weighted by molar-refractivity contribution is -0.131. The van der Waals surface area contributed by atoms with Crippen LogP contribution in [0.25, 0.3) is 0 Å². The predicted molar refractivity (Wildman–Crippen MR) is 128 cm³/mol. The molecule has 162 valence electrons. The number of amides is 1. The zero-order valence-electron chi connectivity index (χ0n) is 17.5. The number of rotatable bonds is 6. The molecule has 3 rings (SSSR count). The fourth-order valence-electron chi connectivity index (χ4n) is 3.88. The number of aliphatic imine (C=N–C) groups is 1. The quantitative estimate of drug-likeness (QED) is 0.357. The van der Waals surface area contributed by atoms with Gasteiger partial charge in [-0.1, -0.05) is 18.2 Å². The molecule has 2 saturated heterocycles. The Labute approximate surface area is 191 Å². The molecule has 8 heteroatoms. The Morgan fingerprint density at radius 1 is 1.24 bits per heavy atom. The van der Waals surface area contributed by atoms with Crippen LogP contribution in [0, 0.1) is 5.92 Å². The van der Waals surface area contributed by atoms with Crippen molar-refractivity contribution in [2.75, 3.05) is 71.5 Å². The lowest BCUT2D eigenvalue weighted by Crippen LogP contribution is -2.49. The third kappa shape index (κ3) is 7.02. The zero-order chi connectivity index (χ0) is 19.8. The molecule has 7 nitrogen and oxygen atoms in total. The van der Waals surface area contributed by atoms with Crippen LogP contribution in [-0.2, 0) is 9.53 Å². The molecule has 2 aliphatic heterocycles. The number of carbonyl (C=O) groups excluding carboxylic acids is 1. The number of hydrogen-bond donors (Lipinski definition) is 1. The maximum atomic E-state index is 12.6. The average molecular weight is 515 g/mol. The molecule has 1 aromatic carbocycles. The van der Waals surface area contributed by atoms with Crippen molar-refractivity contribution in [3.8, 4) is 0 Å². The Kier molecular flexibility index (Phi) is 9.99. The topological polar surface area (TPSA) is 60.4 Å². The largest absolute Gasteiger partial charge is 0.381 e. The van der Waals surface area contributed by atoms with Crippen LogP contribution >= 0.6 is 24.0 Å². The lowest BCUT2D eigenvalue weighted by Gasteiger charge is -2.36. The molecular formula is C21H34IN5O2. The first-order valence-electron chi connectivity index (χ1n) is 10.2. The van der Waals surface area contributed by atoms with Crippen molar-refractivity contribution in [3.63, 3.8) is 0 Å². The number of hydrogen-bond acceptors (Lipinski definition) is 4. The van der Waals surface area contributed by atoms with Crippen LogP contribution < -0.4 is 10.2 Å². The molecule has 1 aromatic rings. The molecule has 0 spiro atoms. The fourth-order valence-corrected chi connectivity index (χ4v) is 3.88. The van der Waals surface area contributed by atoms with E-state index in [2.05, 4.69) is 44.4 Å². The summed E-state index contributed by atoms with van der Waals surface area (Å²) in [6.07, 6.45) is 1.60. The molecule has 2 heterocycles. The Morgan fingerprint density at radius 2 is 1.97 bits per heavy atom. The molecular weight excluding hydrogens is 481 g/mol. The van der Waals surface area contributed by atoms with Gasteiger partial charge in [0.05, 0.1) is 6.61 Å².